The molecule has 5 rings (SSSR count). The third-order valence-corrected chi connectivity index (χ3v) is 5.86. The summed E-state index contributed by atoms with van der Waals surface area (Å²) in [5.74, 6) is 0.792. The van der Waals surface area contributed by atoms with Crippen LogP contribution in [0.15, 0.2) is 47.2 Å². The van der Waals surface area contributed by atoms with Crippen molar-refractivity contribution >= 4 is 33.3 Å². The molecule has 2 amide bonds. The highest BCUT2D eigenvalue weighted by Crippen LogP contribution is 2.36. The molecular formula is C21H19BrFN5O2. The summed E-state index contributed by atoms with van der Waals surface area (Å²) < 4.78 is 22.2. The number of nitrogens with zero attached hydrogens (tertiary/aromatic N) is 4. The Balaban J connectivity index is 1.35. The van der Waals surface area contributed by atoms with Crippen LogP contribution in [0.2, 0.25) is 0 Å². The first-order chi connectivity index (χ1) is 14.6. The zero-order valence-corrected chi connectivity index (χ0v) is 17.6. The molecule has 9 heteroatoms. The summed E-state index contributed by atoms with van der Waals surface area (Å²) in [6.07, 6.45) is 5.90. The number of hydrogen-bond donors (Lipinski definition) is 1. The predicted molar refractivity (Wildman–Crippen MR) is 113 cm³/mol. The molecule has 0 unspecified atom stereocenters. The lowest BCUT2D eigenvalue weighted by Gasteiger charge is -2.27. The van der Waals surface area contributed by atoms with Gasteiger partial charge < -0.3 is 10.1 Å². The van der Waals surface area contributed by atoms with E-state index in [4.69, 9.17) is 4.74 Å². The number of anilines is 2. The number of amides is 2. The molecule has 1 saturated carbocycles. The van der Waals surface area contributed by atoms with Crippen LogP contribution in [-0.2, 0) is 19.7 Å². The molecule has 0 saturated heterocycles. The van der Waals surface area contributed by atoms with Crippen LogP contribution in [-0.4, -0.2) is 20.8 Å². The van der Waals surface area contributed by atoms with Crippen molar-refractivity contribution in [2.45, 2.75) is 32.5 Å². The minimum absolute atomic E-state index is 0.00430. The Labute approximate surface area is 181 Å². The number of nitrogens with one attached hydrogen (secondary N) is 1. The highest BCUT2D eigenvalue weighted by atomic mass is 79.9. The number of ether oxygens (including phenoxy) is 1. The molecule has 2 aromatic heterocycles. The Bertz CT molecular complexity index is 1110. The Morgan fingerprint density at radius 1 is 1.30 bits per heavy atom. The van der Waals surface area contributed by atoms with Gasteiger partial charge in [-0.15, -0.1) is 0 Å². The molecule has 1 N–H and O–H groups in total. The van der Waals surface area contributed by atoms with E-state index in [-0.39, 0.29) is 18.3 Å². The second-order valence-corrected chi connectivity index (χ2v) is 8.36. The van der Waals surface area contributed by atoms with Crippen molar-refractivity contribution in [1.29, 1.82) is 0 Å². The minimum Gasteiger partial charge on any atom is -0.487 e. The van der Waals surface area contributed by atoms with Gasteiger partial charge in [0.05, 0.1) is 17.9 Å². The predicted octanol–water partition coefficient (Wildman–Crippen LogP) is 4.72. The zero-order chi connectivity index (χ0) is 20.7. The second-order valence-electron chi connectivity index (χ2n) is 7.50. The quantitative estimate of drug-likeness (QED) is 0.564. The Hall–Kier alpha value is -2.94. The van der Waals surface area contributed by atoms with Gasteiger partial charge in [-0.3, -0.25) is 14.6 Å². The molecule has 1 aliphatic carbocycles. The van der Waals surface area contributed by atoms with Gasteiger partial charge in [-0.05, 0) is 59.0 Å². The van der Waals surface area contributed by atoms with Crippen LogP contribution < -0.4 is 15.0 Å². The third-order valence-electron chi connectivity index (χ3n) is 5.19. The molecule has 2 aliphatic rings. The molecule has 0 spiro atoms. The standard InChI is InChI=1S/C21H19BrFN5O2/c22-15-6-5-14(30-12-19-16(23)2-1-7-24-19)8-20(15)28-11-18-17(25-21(28)29)10-27(26-18)9-13-3-4-13/h1-2,5-8,10,13H,3-4,9,11-12H2,(H,25,29). The van der Waals surface area contributed by atoms with Crippen molar-refractivity contribution in [2.75, 3.05) is 10.2 Å². The first-order valence-corrected chi connectivity index (χ1v) is 10.5. The fourth-order valence-corrected chi connectivity index (χ4v) is 3.87. The van der Waals surface area contributed by atoms with Gasteiger partial charge in [-0.1, -0.05) is 0 Å². The van der Waals surface area contributed by atoms with E-state index in [1.54, 1.807) is 23.1 Å². The number of fused-ring (bicyclic) bond motifs is 1. The normalized spacial score (nSPS) is 15.7. The van der Waals surface area contributed by atoms with Crippen LogP contribution in [0.25, 0.3) is 0 Å². The molecule has 1 aliphatic heterocycles. The SMILES string of the molecule is O=C1Nc2cn(CC3CC3)nc2CN1c1cc(OCc2ncccc2F)ccc1Br. The van der Waals surface area contributed by atoms with Gasteiger partial charge in [0.1, 0.15) is 29.6 Å². The highest BCUT2D eigenvalue weighted by molar-refractivity contribution is 9.10. The maximum atomic E-state index is 13.8. The molecule has 0 radical (unpaired) electrons. The van der Waals surface area contributed by atoms with Crippen LogP contribution in [0.3, 0.4) is 0 Å². The van der Waals surface area contributed by atoms with Crippen molar-refractivity contribution in [2.24, 2.45) is 5.92 Å². The van der Waals surface area contributed by atoms with E-state index in [9.17, 15) is 9.18 Å². The van der Waals surface area contributed by atoms with E-state index in [2.05, 4.69) is 31.3 Å². The first-order valence-electron chi connectivity index (χ1n) is 9.73. The van der Waals surface area contributed by atoms with Crippen molar-refractivity contribution in [3.8, 4) is 5.75 Å². The van der Waals surface area contributed by atoms with Crippen molar-refractivity contribution in [1.82, 2.24) is 14.8 Å². The fourth-order valence-electron chi connectivity index (χ4n) is 3.41. The number of urea groups is 1. The molecule has 30 heavy (non-hydrogen) atoms. The highest BCUT2D eigenvalue weighted by Gasteiger charge is 2.29. The number of carbonyl (C=O) groups is 1. The smallest absolute Gasteiger partial charge is 0.326 e. The topological polar surface area (TPSA) is 72.3 Å². The van der Waals surface area contributed by atoms with Gasteiger partial charge in [0.15, 0.2) is 0 Å². The molecular weight excluding hydrogens is 453 g/mol. The first kappa shape index (κ1) is 19.0. The van der Waals surface area contributed by atoms with Gasteiger partial charge in [0.25, 0.3) is 0 Å². The van der Waals surface area contributed by atoms with E-state index < -0.39 is 5.82 Å². The summed E-state index contributed by atoms with van der Waals surface area (Å²) in [6.45, 7) is 1.24. The number of hydrogen-bond acceptors (Lipinski definition) is 4. The fraction of sp³-hybridized carbons (Fsp3) is 0.286. The van der Waals surface area contributed by atoms with Crippen molar-refractivity contribution in [3.05, 3.63) is 64.4 Å². The molecule has 3 aromatic rings. The van der Waals surface area contributed by atoms with Gasteiger partial charge in [-0.2, -0.15) is 5.10 Å². The average Bonchev–Trinajstić information content (AvgIpc) is 3.46. The molecule has 1 aromatic carbocycles. The average molecular weight is 472 g/mol. The number of aromatic nitrogens is 3. The lowest BCUT2D eigenvalue weighted by Crippen LogP contribution is -2.38. The molecule has 3 heterocycles. The Morgan fingerprint density at radius 3 is 2.97 bits per heavy atom. The molecule has 154 valence electrons. The maximum Gasteiger partial charge on any atom is 0.326 e. The molecule has 0 bridgehead atoms. The molecule has 7 nitrogen and oxygen atoms in total. The summed E-state index contributed by atoms with van der Waals surface area (Å²) in [6, 6.07) is 7.95. The largest absolute Gasteiger partial charge is 0.487 e. The van der Waals surface area contributed by atoms with Gasteiger partial charge in [0.2, 0.25) is 0 Å². The maximum absolute atomic E-state index is 13.8. The number of halogens is 2. The van der Waals surface area contributed by atoms with Crippen LogP contribution in [0.1, 0.15) is 24.2 Å². The van der Waals surface area contributed by atoms with E-state index in [0.29, 0.717) is 23.9 Å². The number of carbonyl (C=O) groups excluding carboxylic acids is 1. The summed E-state index contributed by atoms with van der Waals surface area (Å²) in [4.78, 5) is 18.3. The van der Waals surface area contributed by atoms with E-state index >= 15 is 0 Å². The third kappa shape index (κ3) is 3.89. The van der Waals surface area contributed by atoms with Gasteiger partial charge >= 0.3 is 6.03 Å². The molecule has 1 fully saturated rings. The minimum atomic E-state index is -0.417. The summed E-state index contributed by atoms with van der Waals surface area (Å²) in [7, 11) is 0. The van der Waals surface area contributed by atoms with E-state index in [0.717, 1.165) is 22.4 Å². The Kier molecular flexibility index (Phi) is 4.90. The van der Waals surface area contributed by atoms with Crippen molar-refractivity contribution in [3.63, 3.8) is 0 Å². The summed E-state index contributed by atoms with van der Waals surface area (Å²) >= 11 is 3.51. The number of rotatable bonds is 6. The van der Waals surface area contributed by atoms with Crippen LogP contribution >= 0.6 is 15.9 Å². The summed E-state index contributed by atoms with van der Waals surface area (Å²) in [5, 5.41) is 7.56. The number of benzene rings is 1. The number of pyridine rings is 1. The second kappa shape index (κ2) is 7.71. The monoisotopic (exact) mass is 471 g/mol. The van der Waals surface area contributed by atoms with Crippen LogP contribution in [0, 0.1) is 11.7 Å². The van der Waals surface area contributed by atoms with Gasteiger partial charge in [0, 0.05) is 29.5 Å². The van der Waals surface area contributed by atoms with E-state index in [1.807, 2.05) is 10.9 Å². The Morgan fingerprint density at radius 2 is 2.17 bits per heavy atom. The van der Waals surface area contributed by atoms with E-state index in [1.165, 1.54) is 31.2 Å². The lowest BCUT2D eigenvalue weighted by molar-refractivity contribution is 0.256. The van der Waals surface area contributed by atoms with Crippen LogP contribution in [0.5, 0.6) is 5.75 Å². The zero-order valence-electron chi connectivity index (χ0n) is 16.0. The molecule has 0 atom stereocenters. The van der Waals surface area contributed by atoms with Crippen molar-refractivity contribution < 1.29 is 13.9 Å². The lowest BCUT2D eigenvalue weighted by atomic mass is 10.2. The summed E-state index contributed by atoms with van der Waals surface area (Å²) in [5.41, 5.74) is 2.45. The van der Waals surface area contributed by atoms with Gasteiger partial charge in [-0.25, -0.2) is 9.18 Å². The van der Waals surface area contributed by atoms with Crippen LogP contribution in [0.4, 0.5) is 20.6 Å².